The lowest BCUT2D eigenvalue weighted by Crippen LogP contribution is -2.19. The van der Waals surface area contributed by atoms with E-state index in [9.17, 15) is 0 Å². The maximum absolute atomic E-state index is 8.62. The maximum Gasteiger partial charge on any atom is 0.161 e. The van der Waals surface area contributed by atoms with E-state index in [-0.39, 0.29) is 0 Å². The molecule has 1 aromatic rings. The Labute approximate surface area is 112 Å². The third kappa shape index (κ3) is 3.51. The Hall–Kier alpha value is -1.47. The van der Waals surface area contributed by atoms with E-state index in [2.05, 4.69) is 23.3 Å². The molecule has 1 N–H and O–H groups in total. The van der Waals surface area contributed by atoms with Gasteiger partial charge in [-0.15, -0.1) is 0 Å². The van der Waals surface area contributed by atoms with E-state index in [0.29, 0.717) is 12.5 Å². The van der Waals surface area contributed by atoms with Gasteiger partial charge in [0.1, 0.15) is 0 Å². The topological polar surface area (TPSA) is 48.2 Å². The molecule has 0 amide bonds. The Morgan fingerprint density at radius 2 is 2.22 bits per heavy atom. The minimum atomic E-state index is 0.464. The van der Waals surface area contributed by atoms with Crippen LogP contribution in [-0.2, 0) is 6.42 Å². The number of hydrogen-bond donors (Lipinski definition) is 1. The van der Waals surface area contributed by atoms with Crippen LogP contribution in [0.2, 0.25) is 0 Å². The standard InChI is InChI=1S/C14H17N3S/c1-2-12-8-10-18-14(16-12)17-13-5-3-11(4-6-13)7-9-15/h3-6,12H,2,7-8,10H2,1H3,(H,16,17). The van der Waals surface area contributed by atoms with Crippen LogP contribution in [0.4, 0.5) is 5.69 Å². The van der Waals surface area contributed by atoms with Crippen LogP contribution in [0.15, 0.2) is 29.3 Å². The van der Waals surface area contributed by atoms with Gasteiger partial charge in [-0.05, 0) is 30.5 Å². The van der Waals surface area contributed by atoms with Gasteiger partial charge in [-0.2, -0.15) is 5.26 Å². The lowest BCUT2D eigenvalue weighted by atomic mass is 10.1. The average molecular weight is 259 g/mol. The predicted molar refractivity (Wildman–Crippen MR) is 78.0 cm³/mol. The van der Waals surface area contributed by atoms with Gasteiger partial charge in [0, 0.05) is 11.4 Å². The highest BCUT2D eigenvalue weighted by atomic mass is 32.2. The van der Waals surface area contributed by atoms with Crippen molar-refractivity contribution in [2.24, 2.45) is 4.99 Å². The Bertz CT molecular complexity index is 459. The zero-order valence-electron chi connectivity index (χ0n) is 10.5. The number of hydrogen-bond acceptors (Lipinski definition) is 4. The van der Waals surface area contributed by atoms with Crippen LogP contribution in [0.5, 0.6) is 0 Å². The zero-order chi connectivity index (χ0) is 12.8. The second kappa shape index (κ2) is 6.46. The van der Waals surface area contributed by atoms with Crippen molar-refractivity contribution in [3.05, 3.63) is 29.8 Å². The summed E-state index contributed by atoms with van der Waals surface area (Å²) >= 11 is 1.78. The molecule has 0 saturated carbocycles. The molecule has 0 aromatic heterocycles. The van der Waals surface area contributed by atoms with Crippen LogP contribution in [0.1, 0.15) is 25.3 Å². The van der Waals surface area contributed by atoms with Crippen molar-refractivity contribution >= 4 is 22.6 Å². The summed E-state index contributed by atoms with van der Waals surface area (Å²) in [5.74, 6) is 1.14. The minimum absolute atomic E-state index is 0.464. The Morgan fingerprint density at radius 1 is 1.44 bits per heavy atom. The monoisotopic (exact) mass is 259 g/mol. The number of rotatable bonds is 3. The highest BCUT2D eigenvalue weighted by molar-refractivity contribution is 8.14. The van der Waals surface area contributed by atoms with Crippen molar-refractivity contribution in [1.82, 2.24) is 0 Å². The van der Waals surface area contributed by atoms with Crippen LogP contribution in [-0.4, -0.2) is 17.0 Å². The highest BCUT2D eigenvalue weighted by Gasteiger charge is 2.13. The summed E-state index contributed by atoms with van der Waals surface area (Å²) in [5, 5.41) is 13.0. The van der Waals surface area contributed by atoms with Crippen LogP contribution < -0.4 is 5.32 Å². The molecule has 0 bridgehead atoms. The fourth-order valence-corrected chi connectivity index (χ4v) is 2.84. The SMILES string of the molecule is CCC1CCSC(Nc2ccc(CC#N)cc2)=N1. The first-order chi connectivity index (χ1) is 8.81. The van der Waals surface area contributed by atoms with E-state index in [0.717, 1.165) is 28.6 Å². The number of anilines is 1. The number of nitriles is 1. The maximum atomic E-state index is 8.62. The van der Waals surface area contributed by atoms with Gasteiger partial charge in [0.15, 0.2) is 5.17 Å². The number of aliphatic imine (C=N–C) groups is 1. The van der Waals surface area contributed by atoms with E-state index in [1.165, 1.54) is 6.42 Å². The molecule has 1 aromatic carbocycles. The third-order valence-corrected chi connectivity index (χ3v) is 3.87. The van der Waals surface area contributed by atoms with Gasteiger partial charge in [-0.3, -0.25) is 4.99 Å². The molecule has 1 unspecified atom stereocenters. The number of thioether (sulfide) groups is 1. The Balaban J connectivity index is 2.01. The van der Waals surface area contributed by atoms with Crippen molar-refractivity contribution in [2.45, 2.75) is 32.2 Å². The second-order valence-electron chi connectivity index (χ2n) is 4.29. The quantitative estimate of drug-likeness (QED) is 0.904. The third-order valence-electron chi connectivity index (χ3n) is 2.95. The van der Waals surface area contributed by atoms with Gasteiger partial charge >= 0.3 is 0 Å². The number of nitrogens with one attached hydrogen (secondary N) is 1. The number of benzene rings is 1. The highest BCUT2D eigenvalue weighted by Crippen LogP contribution is 2.21. The van der Waals surface area contributed by atoms with Gasteiger partial charge in [-0.25, -0.2) is 0 Å². The smallest absolute Gasteiger partial charge is 0.161 e. The van der Waals surface area contributed by atoms with Crippen LogP contribution in [0.25, 0.3) is 0 Å². The molecule has 18 heavy (non-hydrogen) atoms. The minimum Gasteiger partial charge on any atom is -0.335 e. The Kier molecular flexibility index (Phi) is 4.66. The lowest BCUT2D eigenvalue weighted by molar-refractivity contribution is 0.634. The molecule has 1 aliphatic heterocycles. The summed E-state index contributed by atoms with van der Waals surface area (Å²) in [6.45, 7) is 2.18. The molecular formula is C14H17N3S. The molecule has 1 aliphatic rings. The summed E-state index contributed by atoms with van der Waals surface area (Å²) in [6, 6.07) is 10.6. The van der Waals surface area contributed by atoms with Gasteiger partial charge in [0.25, 0.3) is 0 Å². The summed E-state index contributed by atoms with van der Waals surface area (Å²) in [4.78, 5) is 4.67. The van der Waals surface area contributed by atoms with E-state index < -0.39 is 0 Å². The summed E-state index contributed by atoms with van der Waals surface area (Å²) in [7, 11) is 0. The first kappa shape index (κ1) is 13.0. The number of nitrogens with zero attached hydrogens (tertiary/aromatic N) is 2. The van der Waals surface area contributed by atoms with E-state index in [1.807, 2.05) is 24.3 Å². The van der Waals surface area contributed by atoms with E-state index in [4.69, 9.17) is 5.26 Å². The molecule has 1 heterocycles. The lowest BCUT2D eigenvalue weighted by Gasteiger charge is -2.19. The fourth-order valence-electron chi connectivity index (χ4n) is 1.84. The van der Waals surface area contributed by atoms with Crippen molar-refractivity contribution < 1.29 is 0 Å². The van der Waals surface area contributed by atoms with Crippen molar-refractivity contribution in [2.75, 3.05) is 11.1 Å². The van der Waals surface area contributed by atoms with Crippen LogP contribution in [0.3, 0.4) is 0 Å². The molecule has 94 valence electrons. The summed E-state index contributed by atoms with van der Waals surface area (Å²) in [6.07, 6.45) is 2.74. The molecule has 3 nitrogen and oxygen atoms in total. The molecule has 1 atom stereocenters. The molecule has 0 saturated heterocycles. The molecule has 0 radical (unpaired) electrons. The zero-order valence-corrected chi connectivity index (χ0v) is 11.3. The van der Waals surface area contributed by atoms with Crippen molar-refractivity contribution in [3.63, 3.8) is 0 Å². The van der Waals surface area contributed by atoms with Gasteiger partial charge in [0.05, 0.1) is 18.5 Å². The molecule has 0 fully saturated rings. The molecule has 0 aliphatic carbocycles. The first-order valence-corrected chi connectivity index (χ1v) is 7.24. The average Bonchev–Trinajstić information content (AvgIpc) is 2.42. The van der Waals surface area contributed by atoms with Crippen LogP contribution in [0, 0.1) is 11.3 Å². The molecule has 2 rings (SSSR count). The fraction of sp³-hybridized carbons (Fsp3) is 0.429. The van der Waals surface area contributed by atoms with E-state index >= 15 is 0 Å². The first-order valence-electron chi connectivity index (χ1n) is 6.25. The molecule has 0 spiro atoms. The Morgan fingerprint density at radius 3 is 2.89 bits per heavy atom. The predicted octanol–water partition coefficient (Wildman–Crippen LogP) is 3.44. The normalized spacial score (nSPS) is 18.9. The van der Waals surface area contributed by atoms with Gasteiger partial charge < -0.3 is 5.32 Å². The van der Waals surface area contributed by atoms with Crippen molar-refractivity contribution in [3.8, 4) is 6.07 Å². The van der Waals surface area contributed by atoms with Gasteiger partial charge in [0.2, 0.25) is 0 Å². The van der Waals surface area contributed by atoms with Gasteiger partial charge in [-0.1, -0.05) is 30.8 Å². The van der Waals surface area contributed by atoms with Crippen LogP contribution >= 0.6 is 11.8 Å². The second-order valence-corrected chi connectivity index (χ2v) is 5.37. The largest absolute Gasteiger partial charge is 0.335 e. The summed E-state index contributed by atoms with van der Waals surface area (Å²) < 4.78 is 0. The molecule has 4 heteroatoms. The number of amidine groups is 1. The van der Waals surface area contributed by atoms with E-state index in [1.54, 1.807) is 11.8 Å². The summed E-state index contributed by atoms with van der Waals surface area (Å²) in [5.41, 5.74) is 2.09. The molecular weight excluding hydrogens is 242 g/mol. The van der Waals surface area contributed by atoms with Crippen molar-refractivity contribution in [1.29, 1.82) is 5.26 Å².